The molecule has 0 amide bonds. The fourth-order valence-corrected chi connectivity index (χ4v) is 1.16. The number of nitrogen functional groups attached to an aromatic ring is 1. The van der Waals surface area contributed by atoms with Gasteiger partial charge in [-0.15, -0.1) is 12.6 Å². The van der Waals surface area contributed by atoms with Gasteiger partial charge in [-0.3, -0.25) is 0 Å². The van der Waals surface area contributed by atoms with Gasteiger partial charge in [-0.05, 0) is 12.1 Å². The lowest BCUT2D eigenvalue weighted by molar-refractivity contribution is 0.603. The summed E-state index contributed by atoms with van der Waals surface area (Å²) in [7, 11) is 0. The molecule has 0 aliphatic rings. The molecule has 0 spiro atoms. The van der Waals surface area contributed by atoms with E-state index in [1.54, 1.807) is 6.07 Å². The standard InChI is InChI=1S/C6H5BrFNS/c7-3-1-4(8)6(10)5(9)2-3/h1-2,10H,9H2. The lowest BCUT2D eigenvalue weighted by atomic mass is 10.3. The predicted molar refractivity (Wildman–Crippen MR) is 45.8 cm³/mol. The molecule has 0 aliphatic carbocycles. The smallest absolute Gasteiger partial charge is 0.139 e. The summed E-state index contributed by atoms with van der Waals surface area (Å²) < 4.78 is 13.3. The molecular formula is C6H5BrFNS. The Labute approximate surface area is 72.0 Å². The Kier molecular flexibility index (Phi) is 2.21. The van der Waals surface area contributed by atoms with Gasteiger partial charge < -0.3 is 5.73 Å². The van der Waals surface area contributed by atoms with E-state index in [2.05, 4.69) is 28.6 Å². The van der Waals surface area contributed by atoms with Crippen LogP contribution in [-0.2, 0) is 0 Å². The van der Waals surface area contributed by atoms with E-state index in [-0.39, 0.29) is 4.90 Å². The van der Waals surface area contributed by atoms with Crippen molar-refractivity contribution in [3.8, 4) is 0 Å². The molecule has 1 nitrogen and oxygen atoms in total. The van der Waals surface area contributed by atoms with Gasteiger partial charge in [0, 0.05) is 10.2 Å². The lowest BCUT2D eigenvalue weighted by Crippen LogP contribution is -1.89. The molecule has 0 aromatic heterocycles. The first-order chi connectivity index (χ1) is 4.61. The fraction of sp³-hybridized carbons (Fsp3) is 0. The minimum absolute atomic E-state index is 0.197. The first-order valence-corrected chi connectivity index (χ1v) is 3.79. The molecule has 1 aromatic rings. The topological polar surface area (TPSA) is 26.0 Å². The maximum atomic E-state index is 12.7. The average molecular weight is 222 g/mol. The second-order valence-corrected chi connectivity index (χ2v) is 3.19. The predicted octanol–water partition coefficient (Wildman–Crippen LogP) is 2.46. The number of rotatable bonds is 0. The zero-order valence-electron chi connectivity index (χ0n) is 4.94. The van der Waals surface area contributed by atoms with Gasteiger partial charge in [0.05, 0.1) is 4.90 Å². The van der Waals surface area contributed by atoms with Crippen LogP contribution < -0.4 is 5.73 Å². The Morgan fingerprint density at radius 2 is 2.10 bits per heavy atom. The number of hydrogen-bond donors (Lipinski definition) is 2. The van der Waals surface area contributed by atoms with Crippen molar-refractivity contribution in [2.24, 2.45) is 0 Å². The molecule has 0 heterocycles. The van der Waals surface area contributed by atoms with Crippen molar-refractivity contribution < 1.29 is 4.39 Å². The molecule has 0 saturated heterocycles. The zero-order valence-corrected chi connectivity index (χ0v) is 7.42. The molecule has 0 radical (unpaired) electrons. The number of hydrogen-bond acceptors (Lipinski definition) is 2. The third kappa shape index (κ3) is 1.44. The van der Waals surface area contributed by atoms with Crippen LogP contribution in [0.15, 0.2) is 21.5 Å². The molecule has 0 aliphatic heterocycles. The number of halogens is 2. The molecule has 0 fully saturated rings. The molecule has 0 bridgehead atoms. The van der Waals surface area contributed by atoms with Gasteiger partial charge in [0.25, 0.3) is 0 Å². The first kappa shape index (κ1) is 7.88. The van der Waals surface area contributed by atoms with Crippen molar-refractivity contribution in [1.82, 2.24) is 0 Å². The van der Waals surface area contributed by atoms with E-state index >= 15 is 0 Å². The summed E-state index contributed by atoms with van der Waals surface area (Å²) in [4.78, 5) is 0.197. The monoisotopic (exact) mass is 221 g/mol. The molecule has 0 saturated carbocycles. The van der Waals surface area contributed by atoms with Crippen LogP contribution in [0.25, 0.3) is 0 Å². The van der Waals surface area contributed by atoms with Gasteiger partial charge in [-0.1, -0.05) is 15.9 Å². The molecule has 0 unspecified atom stereocenters. The largest absolute Gasteiger partial charge is 0.398 e. The van der Waals surface area contributed by atoms with Crippen molar-refractivity contribution in [1.29, 1.82) is 0 Å². The molecular weight excluding hydrogens is 217 g/mol. The minimum atomic E-state index is -0.407. The van der Waals surface area contributed by atoms with E-state index in [1.165, 1.54) is 6.07 Å². The van der Waals surface area contributed by atoms with Crippen molar-refractivity contribution in [2.45, 2.75) is 4.90 Å². The molecule has 2 N–H and O–H groups in total. The summed E-state index contributed by atoms with van der Waals surface area (Å²) in [5.74, 6) is -0.407. The van der Waals surface area contributed by atoms with Gasteiger partial charge in [0.15, 0.2) is 0 Å². The van der Waals surface area contributed by atoms with Gasteiger partial charge in [-0.2, -0.15) is 0 Å². The number of thiol groups is 1. The van der Waals surface area contributed by atoms with Crippen LogP contribution in [0.3, 0.4) is 0 Å². The fourth-order valence-electron chi connectivity index (χ4n) is 0.586. The summed E-state index contributed by atoms with van der Waals surface area (Å²) in [5, 5.41) is 0. The second kappa shape index (κ2) is 2.80. The highest BCUT2D eigenvalue weighted by molar-refractivity contribution is 9.10. The Balaban J connectivity index is 3.31. The molecule has 4 heteroatoms. The van der Waals surface area contributed by atoms with Crippen molar-refractivity contribution in [3.05, 3.63) is 22.4 Å². The highest BCUT2D eigenvalue weighted by Gasteiger charge is 2.02. The Morgan fingerprint density at radius 3 is 2.60 bits per heavy atom. The van der Waals surface area contributed by atoms with E-state index < -0.39 is 5.82 Å². The maximum Gasteiger partial charge on any atom is 0.139 e. The second-order valence-electron chi connectivity index (χ2n) is 1.83. The highest BCUT2D eigenvalue weighted by atomic mass is 79.9. The van der Waals surface area contributed by atoms with Gasteiger partial charge >= 0.3 is 0 Å². The van der Waals surface area contributed by atoms with Crippen LogP contribution in [0.2, 0.25) is 0 Å². The number of anilines is 1. The molecule has 10 heavy (non-hydrogen) atoms. The van der Waals surface area contributed by atoms with Crippen LogP contribution in [0.4, 0.5) is 10.1 Å². The molecule has 54 valence electrons. The van der Waals surface area contributed by atoms with E-state index in [0.29, 0.717) is 10.2 Å². The molecule has 1 rings (SSSR count). The van der Waals surface area contributed by atoms with Crippen molar-refractivity contribution >= 4 is 34.2 Å². The zero-order chi connectivity index (χ0) is 7.72. The maximum absolute atomic E-state index is 12.7. The van der Waals surface area contributed by atoms with Crippen LogP contribution in [0, 0.1) is 5.82 Å². The third-order valence-electron chi connectivity index (χ3n) is 1.06. The summed E-state index contributed by atoms with van der Waals surface area (Å²) >= 11 is 6.93. The van der Waals surface area contributed by atoms with Crippen molar-refractivity contribution in [3.63, 3.8) is 0 Å². The summed E-state index contributed by atoms with van der Waals surface area (Å²) in [6, 6.07) is 2.92. The Hall–Kier alpha value is -0.220. The third-order valence-corrected chi connectivity index (χ3v) is 1.99. The summed E-state index contributed by atoms with van der Waals surface area (Å²) in [6.07, 6.45) is 0. The SMILES string of the molecule is Nc1cc(Br)cc(F)c1S. The Morgan fingerprint density at radius 1 is 1.50 bits per heavy atom. The number of benzene rings is 1. The van der Waals surface area contributed by atoms with Crippen LogP contribution in [-0.4, -0.2) is 0 Å². The van der Waals surface area contributed by atoms with Crippen molar-refractivity contribution in [2.75, 3.05) is 5.73 Å². The first-order valence-electron chi connectivity index (χ1n) is 2.54. The Bertz CT molecular complexity index is 241. The highest BCUT2D eigenvalue weighted by Crippen LogP contribution is 2.24. The van der Waals surface area contributed by atoms with Crippen LogP contribution in [0.5, 0.6) is 0 Å². The van der Waals surface area contributed by atoms with Gasteiger partial charge in [0.1, 0.15) is 5.82 Å². The summed E-state index contributed by atoms with van der Waals surface area (Å²) in [6.45, 7) is 0. The molecule has 0 atom stereocenters. The normalized spacial score (nSPS) is 9.90. The van der Waals surface area contributed by atoms with E-state index in [9.17, 15) is 4.39 Å². The minimum Gasteiger partial charge on any atom is -0.398 e. The van der Waals surface area contributed by atoms with E-state index in [4.69, 9.17) is 5.73 Å². The summed E-state index contributed by atoms with van der Waals surface area (Å²) in [5.41, 5.74) is 5.72. The van der Waals surface area contributed by atoms with Crippen LogP contribution >= 0.6 is 28.6 Å². The lowest BCUT2D eigenvalue weighted by Gasteiger charge is -1.99. The average Bonchev–Trinajstić information content (AvgIpc) is 1.82. The molecule has 1 aromatic carbocycles. The van der Waals surface area contributed by atoms with Gasteiger partial charge in [-0.25, -0.2) is 4.39 Å². The quantitative estimate of drug-likeness (QED) is 0.511. The van der Waals surface area contributed by atoms with Crippen LogP contribution in [0.1, 0.15) is 0 Å². The van der Waals surface area contributed by atoms with Gasteiger partial charge in [0.2, 0.25) is 0 Å². The van der Waals surface area contributed by atoms with E-state index in [1.807, 2.05) is 0 Å². The number of nitrogens with two attached hydrogens (primary N) is 1. The van der Waals surface area contributed by atoms with E-state index in [0.717, 1.165) is 0 Å².